The highest BCUT2D eigenvalue weighted by Crippen LogP contribution is 2.12. The van der Waals surface area contributed by atoms with Crippen molar-refractivity contribution in [2.24, 2.45) is 0 Å². The number of aryl methyl sites for hydroxylation is 1. The molecule has 0 spiro atoms. The average molecular weight is 301 g/mol. The number of sulfonamides is 1. The van der Waals surface area contributed by atoms with Gasteiger partial charge >= 0.3 is 0 Å². The Morgan fingerprint density at radius 2 is 1.90 bits per heavy atom. The normalized spacial score (nSPS) is 11.7. The number of nitrogens with one attached hydrogen (secondary N) is 2. The zero-order valence-electron chi connectivity index (χ0n) is 12.5. The van der Waals surface area contributed by atoms with E-state index in [1.807, 2.05) is 0 Å². The first-order chi connectivity index (χ1) is 9.39. The Labute approximate surface area is 120 Å². The summed E-state index contributed by atoms with van der Waals surface area (Å²) in [6.07, 6.45) is 1.75. The number of nitrogens with zero attached hydrogens (tertiary/aromatic N) is 3. The van der Waals surface area contributed by atoms with Gasteiger partial charge in [0, 0.05) is 40.2 Å². The van der Waals surface area contributed by atoms with Crippen LogP contribution in [0.25, 0.3) is 0 Å². The van der Waals surface area contributed by atoms with Gasteiger partial charge in [-0.15, -0.1) is 0 Å². The van der Waals surface area contributed by atoms with Gasteiger partial charge in [0.25, 0.3) is 0 Å². The maximum absolute atomic E-state index is 11.7. The molecule has 20 heavy (non-hydrogen) atoms. The Morgan fingerprint density at radius 1 is 1.25 bits per heavy atom. The predicted octanol–water partition coefficient (Wildman–Crippen LogP) is 0.774. The molecular weight excluding hydrogens is 278 g/mol. The van der Waals surface area contributed by atoms with Gasteiger partial charge in [-0.25, -0.2) is 22.7 Å². The standard InChI is InChI=1S/C12H23N5O2S/c1-5-6-10-15-11(13-2)9-12(16-10)14-7-8-20(18,19)17(3)4/h9H,5-8H2,1-4H3,(H2,13,14,15,16). The minimum Gasteiger partial charge on any atom is -0.373 e. The molecule has 0 aliphatic heterocycles. The highest BCUT2D eigenvalue weighted by atomic mass is 32.2. The second-order valence-corrected chi connectivity index (χ2v) is 6.88. The zero-order chi connectivity index (χ0) is 15.2. The molecular formula is C12H23N5O2S. The van der Waals surface area contributed by atoms with E-state index in [9.17, 15) is 8.42 Å². The van der Waals surface area contributed by atoms with E-state index in [0.717, 1.165) is 24.5 Å². The molecule has 1 heterocycles. The molecule has 0 unspecified atom stereocenters. The molecule has 0 fully saturated rings. The molecule has 1 aromatic heterocycles. The third-order valence-electron chi connectivity index (χ3n) is 2.72. The van der Waals surface area contributed by atoms with Gasteiger partial charge in [0.1, 0.15) is 17.5 Å². The lowest BCUT2D eigenvalue weighted by atomic mass is 10.3. The lowest BCUT2D eigenvalue weighted by molar-refractivity contribution is 0.521. The van der Waals surface area contributed by atoms with Gasteiger partial charge in [-0.1, -0.05) is 6.92 Å². The SMILES string of the molecule is CCCc1nc(NC)cc(NCCS(=O)(=O)N(C)C)n1. The van der Waals surface area contributed by atoms with Crippen molar-refractivity contribution in [1.82, 2.24) is 14.3 Å². The molecule has 2 N–H and O–H groups in total. The maximum atomic E-state index is 11.7. The quantitative estimate of drug-likeness (QED) is 0.737. The molecule has 8 heteroatoms. The monoisotopic (exact) mass is 301 g/mol. The summed E-state index contributed by atoms with van der Waals surface area (Å²) in [6.45, 7) is 2.37. The molecule has 0 aliphatic carbocycles. The molecule has 0 aliphatic rings. The van der Waals surface area contributed by atoms with Crippen LogP contribution in [0.15, 0.2) is 6.07 Å². The van der Waals surface area contributed by atoms with Crippen LogP contribution in [0.2, 0.25) is 0 Å². The van der Waals surface area contributed by atoms with Crippen molar-refractivity contribution < 1.29 is 8.42 Å². The molecule has 7 nitrogen and oxygen atoms in total. The Bertz CT molecular complexity index is 531. The van der Waals surface area contributed by atoms with Crippen LogP contribution in [0.1, 0.15) is 19.2 Å². The van der Waals surface area contributed by atoms with Crippen LogP contribution < -0.4 is 10.6 Å². The number of anilines is 2. The number of rotatable bonds is 8. The van der Waals surface area contributed by atoms with E-state index in [1.165, 1.54) is 18.4 Å². The topological polar surface area (TPSA) is 87.2 Å². The summed E-state index contributed by atoms with van der Waals surface area (Å²) in [7, 11) is 1.65. The fraction of sp³-hybridized carbons (Fsp3) is 0.667. The molecule has 1 rings (SSSR count). The van der Waals surface area contributed by atoms with Crippen LogP contribution in [0.3, 0.4) is 0 Å². The number of hydrogen-bond acceptors (Lipinski definition) is 6. The molecule has 114 valence electrons. The second kappa shape index (κ2) is 7.39. The van der Waals surface area contributed by atoms with Crippen LogP contribution in [0.5, 0.6) is 0 Å². The van der Waals surface area contributed by atoms with Crippen LogP contribution in [0, 0.1) is 0 Å². The summed E-state index contributed by atoms with van der Waals surface area (Å²) in [5.41, 5.74) is 0. The van der Waals surface area contributed by atoms with Gasteiger partial charge in [0.2, 0.25) is 10.0 Å². The van der Waals surface area contributed by atoms with Gasteiger partial charge in [-0.05, 0) is 6.42 Å². The molecule has 0 saturated carbocycles. The molecule has 0 amide bonds. The van der Waals surface area contributed by atoms with Gasteiger partial charge < -0.3 is 10.6 Å². The van der Waals surface area contributed by atoms with Crippen LogP contribution in [-0.2, 0) is 16.4 Å². The average Bonchev–Trinajstić information content (AvgIpc) is 2.38. The molecule has 1 aromatic rings. The fourth-order valence-corrected chi connectivity index (χ4v) is 2.27. The van der Waals surface area contributed by atoms with E-state index in [4.69, 9.17) is 0 Å². The fourth-order valence-electron chi connectivity index (χ4n) is 1.54. The van der Waals surface area contributed by atoms with Crippen molar-refractivity contribution in [3.63, 3.8) is 0 Å². The predicted molar refractivity (Wildman–Crippen MR) is 81.5 cm³/mol. The van der Waals surface area contributed by atoms with Crippen molar-refractivity contribution in [3.8, 4) is 0 Å². The molecule has 0 saturated heterocycles. The van der Waals surface area contributed by atoms with E-state index in [-0.39, 0.29) is 5.75 Å². The first-order valence-corrected chi connectivity index (χ1v) is 8.19. The minimum atomic E-state index is -3.19. The number of hydrogen-bond donors (Lipinski definition) is 2. The largest absolute Gasteiger partial charge is 0.373 e. The Balaban J connectivity index is 2.70. The Morgan fingerprint density at radius 3 is 2.45 bits per heavy atom. The van der Waals surface area contributed by atoms with Crippen molar-refractivity contribution in [2.75, 3.05) is 44.1 Å². The number of aromatic nitrogens is 2. The van der Waals surface area contributed by atoms with Crippen molar-refractivity contribution >= 4 is 21.7 Å². The Kier molecular flexibility index (Phi) is 6.15. The van der Waals surface area contributed by atoms with E-state index in [1.54, 1.807) is 13.1 Å². The van der Waals surface area contributed by atoms with E-state index in [0.29, 0.717) is 12.4 Å². The van der Waals surface area contributed by atoms with Gasteiger partial charge in [0.05, 0.1) is 5.75 Å². The Hall–Kier alpha value is -1.41. The second-order valence-electron chi connectivity index (χ2n) is 4.58. The first-order valence-electron chi connectivity index (χ1n) is 6.59. The van der Waals surface area contributed by atoms with Crippen molar-refractivity contribution in [2.45, 2.75) is 19.8 Å². The van der Waals surface area contributed by atoms with E-state index < -0.39 is 10.0 Å². The van der Waals surface area contributed by atoms with Crippen LogP contribution in [0.4, 0.5) is 11.6 Å². The highest BCUT2D eigenvalue weighted by Gasteiger charge is 2.13. The lowest BCUT2D eigenvalue weighted by Gasteiger charge is -2.12. The summed E-state index contributed by atoms with van der Waals surface area (Å²) in [4.78, 5) is 8.70. The third-order valence-corrected chi connectivity index (χ3v) is 4.56. The zero-order valence-corrected chi connectivity index (χ0v) is 13.3. The van der Waals surface area contributed by atoms with Gasteiger partial charge in [-0.3, -0.25) is 0 Å². The van der Waals surface area contributed by atoms with Crippen molar-refractivity contribution in [3.05, 3.63) is 11.9 Å². The van der Waals surface area contributed by atoms with Crippen LogP contribution >= 0.6 is 0 Å². The van der Waals surface area contributed by atoms with E-state index >= 15 is 0 Å². The summed E-state index contributed by atoms with van der Waals surface area (Å²) in [5, 5.41) is 6.01. The van der Waals surface area contributed by atoms with Crippen LogP contribution in [-0.4, -0.2) is 56.1 Å². The lowest BCUT2D eigenvalue weighted by Crippen LogP contribution is -2.28. The summed E-state index contributed by atoms with van der Waals surface area (Å²) >= 11 is 0. The molecule has 0 radical (unpaired) electrons. The van der Waals surface area contributed by atoms with Crippen molar-refractivity contribution in [1.29, 1.82) is 0 Å². The van der Waals surface area contributed by atoms with Gasteiger partial charge in [0.15, 0.2) is 0 Å². The van der Waals surface area contributed by atoms with E-state index in [2.05, 4.69) is 27.5 Å². The smallest absolute Gasteiger partial charge is 0.215 e. The summed E-state index contributed by atoms with van der Waals surface area (Å²) in [6, 6.07) is 1.77. The minimum absolute atomic E-state index is 0.0298. The molecule has 0 bridgehead atoms. The third kappa shape index (κ3) is 4.93. The molecule has 0 atom stereocenters. The molecule has 0 aromatic carbocycles. The highest BCUT2D eigenvalue weighted by molar-refractivity contribution is 7.89. The summed E-state index contributed by atoms with van der Waals surface area (Å²) < 4.78 is 24.5. The maximum Gasteiger partial charge on any atom is 0.215 e. The summed E-state index contributed by atoms with van der Waals surface area (Å²) in [5.74, 6) is 2.14. The first kappa shape index (κ1) is 16.6. The van der Waals surface area contributed by atoms with Gasteiger partial charge in [-0.2, -0.15) is 0 Å².